The summed E-state index contributed by atoms with van der Waals surface area (Å²) >= 11 is 3.47. The van der Waals surface area contributed by atoms with E-state index in [-0.39, 0.29) is 5.91 Å². The standard InChI is InChI=1S/C16H23BrN2O/c1-10-5-4-6-16(18,9-10)15(20)19-14-11(2)7-13(17)8-12(14)3/h7-8,10H,4-6,9,18H2,1-3H3,(H,19,20). The molecule has 0 spiro atoms. The van der Waals surface area contributed by atoms with Crippen LogP contribution in [0.4, 0.5) is 5.69 Å². The van der Waals surface area contributed by atoms with E-state index in [1.54, 1.807) is 0 Å². The molecule has 1 fully saturated rings. The van der Waals surface area contributed by atoms with E-state index >= 15 is 0 Å². The van der Waals surface area contributed by atoms with Crippen LogP contribution in [-0.4, -0.2) is 11.4 Å². The molecule has 1 saturated carbocycles. The van der Waals surface area contributed by atoms with E-state index in [0.717, 1.165) is 40.5 Å². The van der Waals surface area contributed by atoms with Crippen molar-refractivity contribution in [2.45, 2.75) is 52.0 Å². The maximum absolute atomic E-state index is 12.6. The Morgan fingerprint density at radius 2 is 2.00 bits per heavy atom. The molecule has 1 aromatic carbocycles. The molecule has 20 heavy (non-hydrogen) atoms. The summed E-state index contributed by atoms with van der Waals surface area (Å²) in [6.07, 6.45) is 3.75. The van der Waals surface area contributed by atoms with E-state index in [9.17, 15) is 4.79 Å². The number of benzene rings is 1. The monoisotopic (exact) mass is 338 g/mol. The first-order valence-electron chi connectivity index (χ1n) is 7.19. The van der Waals surface area contributed by atoms with Gasteiger partial charge in [-0.05, 0) is 55.9 Å². The number of hydrogen-bond acceptors (Lipinski definition) is 2. The Bertz CT molecular complexity index is 506. The fourth-order valence-corrected chi connectivity index (χ4v) is 3.83. The van der Waals surface area contributed by atoms with Gasteiger partial charge in [0.05, 0.1) is 5.54 Å². The van der Waals surface area contributed by atoms with E-state index < -0.39 is 5.54 Å². The smallest absolute Gasteiger partial charge is 0.244 e. The molecular weight excluding hydrogens is 316 g/mol. The van der Waals surface area contributed by atoms with Gasteiger partial charge < -0.3 is 11.1 Å². The average Bonchev–Trinajstić information content (AvgIpc) is 2.33. The molecule has 0 bridgehead atoms. The Labute approximate surface area is 129 Å². The van der Waals surface area contributed by atoms with Crippen LogP contribution in [0.1, 0.15) is 43.7 Å². The number of nitrogens with two attached hydrogens (primary N) is 1. The Morgan fingerprint density at radius 3 is 2.55 bits per heavy atom. The quantitative estimate of drug-likeness (QED) is 0.858. The van der Waals surface area contributed by atoms with Gasteiger partial charge in [-0.3, -0.25) is 4.79 Å². The minimum Gasteiger partial charge on any atom is -0.324 e. The maximum atomic E-state index is 12.6. The summed E-state index contributed by atoms with van der Waals surface area (Å²) < 4.78 is 1.03. The van der Waals surface area contributed by atoms with Gasteiger partial charge in [0, 0.05) is 10.2 Å². The number of rotatable bonds is 2. The molecule has 0 heterocycles. The number of nitrogens with one attached hydrogen (secondary N) is 1. The lowest BCUT2D eigenvalue weighted by Crippen LogP contribution is -2.53. The van der Waals surface area contributed by atoms with Gasteiger partial charge in [0.1, 0.15) is 0 Å². The Morgan fingerprint density at radius 1 is 1.40 bits per heavy atom. The second kappa shape index (κ2) is 5.86. The lowest BCUT2D eigenvalue weighted by atomic mass is 9.76. The normalized spacial score (nSPS) is 26.4. The second-order valence-electron chi connectivity index (χ2n) is 6.23. The van der Waals surface area contributed by atoms with Crippen LogP contribution >= 0.6 is 15.9 Å². The molecule has 1 aliphatic carbocycles. The van der Waals surface area contributed by atoms with Crippen LogP contribution in [0.15, 0.2) is 16.6 Å². The molecule has 4 heteroatoms. The van der Waals surface area contributed by atoms with E-state index in [4.69, 9.17) is 5.73 Å². The zero-order valence-electron chi connectivity index (χ0n) is 12.4. The van der Waals surface area contributed by atoms with Gasteiger partial charge in [0.15, 0.2) is 0 Å². The summed E-state index contributed by atoms with van der Waals surface area (Å²) in [6, 6.07) is 4.02. The van der Waals surface area contributed by atoms with Gasteiger partial charge in [0.2, 0.25) is 5.91 Å². The highest BCUT2D eigenvalue weighted by Gasteiger charge is 2.38. The van der Waals surface area contributed by atoms with E-state index in [0.29, 0.717) is 5.92 Å². The van der Waals surface area contributed by atoms with Gasteiger partial charge in [-0.1, -0.05) is 35.7 Å². The van der Waals surface area contributed by atoms with Crippen molar-refractivity contribution < 1.29 is 4.79 Å². The molecule has 1 aliphatic rings. The number of carbonyl (C=O) groups is 1. The van der Waals surface area contributed by atoms with Crippen molar-refractivity contribution in [2.75, 3.05) is 5.32 Å². The van der Waals surface area contributed by atoms with Crippen molar-refractivity contribution in [1.82, 2.24) is 0 Å². The van der Waals surface area contributed by atoms with Crippen LogP contribution in [0.25, 0.3) is 0 Å². The SMILES string of the molecule is Cc1cc(Br)cc(C)c1NC(=O)C1(N)CCCC(C)C1. The summed E-state index contributed by atoms with van der Waals surface area (Å²) in [4.78, 5) is 12.6. The number of halogens is 1. The van der Waals surface area contributed by atoms with Crippen molar-refractivity contribution in [2.24, 2.45) is 11.7 Å². The van der Waals surface area contributed by atoms with Crippen LogP contribution in [0, 0.1) is 19.8 Å². The molecule has 0 saturated heterocycles. The summed E-state index contributed by atoms with van der Waals surface area (Å²) in [7, 11) is 0. The lowest BCUT2D eigenvalue weighted by Gasteiger charge is -2.35. The molecule has 110 valence electrons. The van der Waals surface area contributed by atoms with Gasteiger partial charge in [-0.2, -0.15) is 0 Å². The third-order valence-electron chi connectivity index (χ3n) is 4.22. The van der Waals surface area contributed by atoms with Crippen LogP contribution in [0.2, 0.25) is 0 Å². The maximum Gasteiger partial charge on any atom is 0.244 e. The zero-order chi connectivity index (χ0) is 14.9. The summed E-state index contributed by atoms with van der Waals surface area (Å²) in [5, 5.41) is 3.05. The summed E-state index contributed by atoms with van der Waals surface area (Å²) in [6.45, 7) is 6.17. The fourth-order valence-electron chi connectivity index (χ4n) is 3.14. The highest BCUT2D eigenvalue weighted by Crippen LogP contribution is 2.32. The molecule has 1 amide bonds. The highest BCUT2D eigenvalue weighted by molar-refractivity contribution is 9.10. The van der Waals surface area contributed by atoms with Gasteiger partial charge in [-0.25, -0.2) is 0 Å². The summed E-state index contributed by atoms with van der Waals surface area (Å²) in [5.74, 6) is 0.476. The minimum absolute atomic E-state index is 0.0439. The highest BCUT2D eigenvalue weighted by atomic mass is 79.9. The molecule has 2 unspecified atom stereocenters. The number of aryl methyl sites for hydroxylation is 2. The topological polar surface area (TPSA) is 55.1 Å². The van der Waals surface area contributed by atoms with E-state index in [1.807, 2.05) is 26.0 Å². The second-order valence-corrected chi connectivity index (χ2v) is 7.14. The average molecular weight is 339 g/mol. The number of hydrogen-bond donors (Lipinski definition) is 2. The number of anilines is 1. The molecule has 1 aromatic rings. The Hall–Kier alpha value is -0.870. The number of amides is 1. The van der Waals surface area contributed by atoms with Gasteiger partial charge >= 0.3 is 0 Å². The molecule has 0 aromatic heterocycles. The fraction of sp³-hybridized carbons (Fsp3) is 0.562. The molecule has 2 rings (SSSR count). The largest absolute Gasteiger partial charge is 0.324 e. The predicted octanol–water partition coefficient (Wildman–Crippen LogP) is 3.91. The van der Waals surface area contributed by atoms with Crippen LogP contribution in [0.5, 0.6) is 0 Å². The molecular formula is C16H23BrN2O. The first-order valence-corrected chi connectivity index (χ1v) is 7.98. The Kier molecular flexibility index (Phi) is 4.55. The predicted molar refractivity (Wildman–Crippen MR) is 86.8 cm³/mol. The van der Waals surface area contributed by atoms with Crippen molar-refractivity contribution in [1.29, 1.82) is 0 Å². The van der Waals surface area contributed by atoms with E-state index in [2.05, 4.69) is 28.2 Å². The third kappa shape index (κ3) is 3.23. The van der Waals surface area contributed by atoms with Gasteiger partial charge in [0.25, 0.3) is 0 Å². The molecule has 0 aliphatic heterocycles. The first-order chi connectivity index (χ1) is 9.32. The van der Waals surface area contributed by atoms with Crippen LogP contribution < -0.4 is 11.1 Å². The molecule has 0 radical (unpaired) electrons. The van der Waals surface area contributed by atoms with Crippen molar-refractivity contribution in [3.05, 3.63) is 27.7 Å². The Balaban J connectivity index is 2.20. The minimum atomic E-state index is -0.719. The zero-order valence-corrected chi connectivity index (χ0v) is 14.0. The van der Waals surface area contributed by atoms with Gasteiger partial charge in [-0.15, -0.1) is 0 Å². The van der Waals surface area contributed by atoms with Crippen molar-refractivity contribution in [3.8, 4) is 0 Å². The van der Waals surface area contributed by atoms with E-state index in [1.165, 1.54) is 6.42 Å². The molecule has 2 atom stereocenters. The lowest BCUT2D eigenvalue weighted by molar-refractivity contribution is -0.122. The van der Waals surface area contributed by atoms with Crippen LogP contribution in [-0.2, 0) is 4.79 Å². The third-order valence-corrected chi connectivity index (χ3v) is 4.68. The van der Waals surface area contributed by atoms with Crippen LogP contribution in [0.3, 0.4) is 0 Å². The summed E-state index contributed by atoms with van der Waals surface area (Å²) in [5.41, 5.74) is 8.63. The molecule has 3 N–H and O–H groups in total. The first kappa shape index (κ1) is 15.5. The number of carbonyl (C=O) groups excluding carboxylic acids is 1. The molecule has 3 nitrogen and oxygen atoms in total. The van der Waals surface area contributed by atoms with Crippen molar-refractivity contribution in [3.63, 3.8) is 0 Å². The van der Waals surface area contributed by atoms with Crippen molar-refractivity contribution >= 4 is 27.5 Å².